The minimum atomic E-state index is 0.109. The Labute approximate surface area is 161 Å². The maximum atomic E-state index is 12.6. The predicted molar refractivity (Wildman–Crippen MR) is 108 cm³/mol. The van der Waals surface area contributed by atoms with Crippen LogP contribution in [0.1, 0.15) is 18.5 Å². The first-order valence-corrected chi connectivity index (χ1v) is 10.9. The molecular weight excluding hydrogens is 362 g/mol. The van der Waals surface area contributed by atoms with E-state index in [1.807, 2.05) is 0 Å². The molecule has 5 heterocycles. The van der Waals surface area contributed by atoms with Gasteiger partial charge in [-0.25, -0.2) is 0 Å². The molecule has 3 aromatic rings. The van der Waals surface area contributed by atoms with Crippen LogP contribution in [0.2, 0.25) is 0 Å². The SMILES string of the molecule is O=C(Cc1nsc2cc(-c3ccsc3)ccc12)N[C@@H]1CN2CCC1CC2. The monoisotopic (exact) mass is 383 g/mol. The summed E-state index contributed by atoms with van der Waals surface area (Å²) in [7, 11) is 0. The van der Waals surface area contributed by atoms with Crippen LogP contribution < -0.4 is 5.32 Å². The van der Waals surface area contributed by atoms with Gasteiger partial charge in [-0.05, 0) is 77.4 Å². The van der Waals surface area contributed by atoms with E-state index in [4.69, 9.17) is 0 Å². The minimum Gasteiger partial charge on any atom is -0.351 e. The van der Waals surface area contributed by atoms with E-state index >= 15 is 0 Å². The van der Waals surface area contributed by atoms with Crippen molar-refractivity contribution in [2.45, 2.75) is 25.3 Å². The molecular formula is C20H21N3OS2. The summed E-state index contributed by atoms with van der Waals surface area (Å²) >= 11 is 3.20. The van der Waals surface area contributed by atoms with Crippen molar-refractivity contribution in [3.63, 3.8) is 0 Å². The van der Waals surface area contributed by atoms with E-state index in [0.717, 1.165) is 22.3 Å². The fourth-order valence-corrected chi connectivity index (χ4v) is 5.76. The van der Waals surface area contributed by atoms with Gasteiger partial charge in [-0.1, -0.05) is 12.1 Å². The summed E-state index contributed by atoms with van der Waals surface area (Å²) < 4.78 is 5.72. The first-order chi connectivity index (χ1) is 12.8. The lowest BCUT2D eigenvalue weighted by Gasteiger charge is -2.44. The van der Waals surface area contributed by atoms with E-state index in [2.05, 4.69) is 49.6 Å². The van der Waals surface area contributed by atoms with Crippen LogP contribution >= 0.6 is 22.9 Å². The van der Waals surface area contributed by atoms with Crippen molar-refractivity contribution in [2.24, 2.45) is 5.92 Å². The van der Waals surface area contributed by atoms with Crippen LogP contribution in [0, 0.1) is 5.92 Å². The highest BCUT2D eigenvalue weighted by Crippen LogP contribution is 2.31. The smallest absolute Gasteiger partial charge is 0.226 e. The van der Waals surface area contributed by atoms with Crippen molar-refractivity contribution < 1.29 is 4.79 Å². The highest BCUT2D eigenvalue weighted by atomic mass is 32.1. The summed E-state index contributed by atoms with van der Waals surface area (Å²) in [5, 5.41) is 8.63. The van der Waals surface area contributed by atoms with Crippen LogP contribution in [0.3, 0.4) is 0 Å². The zero-order valence-electron chi connectivity index (χ0n) is 14.5. The average Bonchev–Trinajstić information content (AvgIpc) is 3.33. The van der Waals surface area contributed by atoms with Crippen LogP contribution in [0.25, 0.3) is 21.2 Å². The number of nitrogens with one attached hydrogen (secondary N) is 1. The van der Waals surface area contributed by atoms with Gasteiger partial charge in [0.25, 0.3) is 0 Å². The van der Waals surface area contributed by atoms with Crippen molar-refractivity contribution in [2.75, 3.05) is 19.6 Å². The van der Waals surface area contributed by atoms with E-state index < -0.39 is 0 Å². The van der Waals surface area contributed by atoms with Gasteiger partial charge in [0, 0.05) is 18.0 Å². The Morgan fingerprint density at radius 2 is 2.12 bits per heavy atom. The Kier molecular flexibility index (Phi) is 4.27. The third-order valence-electron chi connectivity index (χ3n) is 5.73. The van der Waals surface area contributed by atoms with Gasteiger partial charge in [-0.15, -0.1) is 0 Å². The van der Waals surface area contributed by atoms with E-state index in [1.54, 1.807) is 11.3 Å². The van der Waals surface area contributed by atoms with Gasteiger partial charge in [0.15, 0.2) is 0 Å². The standard InChI is InChI=1S/C20H21N3OS2/c24-20(21-18-11-23-6-3-13(18)4-7-23)10-17-16-2-1-14(9-19(16)26-22-17)15-5-8-25-12-15/h1-2,5,8-9,12-13,18H,3-4,6-7,10-11H2,(H,21,24)/t18-/m1/s1. The quantitative estimate of drug-likeness (QED) is 0.746. The Morgan fingerprint density at radius 3 is 2.85 bits per heavy atom. The molecule has 6 rings (SSSR count). The van der Waals surface area contributed by atoms with Crippen molar-refractivity contribution in [1.82, 2.24) is 14.6 Å². The van der Waals surface area contributed by atoms with Crippen molar-refractivity contribution in [3.8, 4) is 11.1 Å². The van der Waals surface area contributed by atoms with Crippen LogP contribution in [-0.4, -0.2) is 40.9 Å². The lowest BCUT2D eigenvalue weighted by molar-refractivity contribution is -0.122. The number of benzene rings is 1. The van der Waals surface area contributed by atoms with Crippen LogP contribution in [0.5, 0.6) is 0 Å². The third-order valence-corrected chi connectivity index (χ3v) is 7.26. The van der Waals surface area contributed by atoms with Crippen molar-refractivity contribution >= 4 is 38.9 Å². The van der Waals surface area contributed by atoms with Gasteiger partial charge >= 0.3 is 0 Å². The Morgan fingerprint density at radius 1 is 1.23 bits per heavy atom. The highest BCUT2D eigenvalue weighted by Gasteiger charge is 2.34. The Bertz CT molecular complexity index is 926. The molecule has 2 aromatic heterocycles. The van der Waals surface area contributed by atoms with E-state index in [1.165, 1.54) is 48.6 Å². The second-order valence-corrected chi connectivity index (χ2v) is 8.93. The van der Waals surface area contributed by atoms with E-state index in [9.17, 15) is 4.79 Å². The summed E-state index contributed by atoms with van der Waals surface area (Å²) in [4.78, 5) is 15.1. The molecule has 0 spiro atoms. The number of hydrogen-bond acceptors (Lipinski definition) is 5. The number of carbonyl (C=O) groups is 1. The Balaban J connectivity index is 1.31. The molecule has 26 heavy (non-hydrogen) atoms. The summed E-state index contributed by atoms with van der Waals surface area (Å²) in [6.07, 6.45) is 2.81. The van der Waals surface area contributed by atoms with Crippen LogP contribution in [0.15, 0.2) is 35.0 Å². The zero-order chi connectivity index (χ0) is 17.5. The lowest BCUT2D eigenvalue weighted by Crippen LogP contribution is -2.57. The molecule has 3 aliphatic rings. The molecule has 6 heteroatoms. The largest absolute Gasteiger partial charge is 0.351 e. The summed E-state index contributed by atoms with van der Waals surface area (Å²) in [5.41, 5.74) is 3.36. The molecule has 3 saturated heterocycles. The second-order valence-electron chi connectivity index (χ2n) is 7.34. The van der Waals surface area contributed by atoms with E-state index in [0.29, 0.717) is 18.4 Å². The molecule has 1 aromatic carbocycles. The fourth-order valence-electron chi connectivity index (χ4n) is 4.26. The van der Waals surface area contributed by atoms with Gasteiger partial charge in [-0.3, -0.25) is 4.79 Å². The molecule has 3 aliphatic heterocycles. The van der Waals surface area contributed by atoms with Gasteiger partial charge in [0.05, 0.1) is 16.8 Å². The topological polar surface area (TPSA) is 45.2 Å². The molecule has 134 valence electrons. The average molecular weight is 384 g/mol. The fraction of sp³-hybridized carbons (Fsp3) is 0.400. The zero-order valence-corrected chi connectivity index (χ0v) is 16.1. The first kappa shape index (κ1) is 16.4. The summed E-state index contributed by atoms with van der Waals surface area (Å²) in [6, 6.07) is 8.88. The normalized spacial score (nSPS) is 24.8. The first-order valence-electron chi connectivity index (χ1n) is 9.19. The Hall–Kier alpha value is -1.76. The van der Waals surface area contributed by atoms with Crippen LogP contribution in [0.4, 0.5) is 0 Å². The second kappa shape index (κ2) is 6.76. The molecule has 0 unspecified atom stereocenters. The number of piperidine rings is 3. The minimum absolute atomic E-state index is 0.109. The summed E-state index contributed by atoms with van der Waals surface area (Å²) in [6.45, 7) is 3.40. The van der Waals surface area contributed by atoms with Gasteiger partial charge in [-0.2, -0.15) is 15.7 Å². The molecule has 3 fully saturated rings. The van der Waals surface area contributed by atoms with Crippen molar-refractivity contribution in [1.29, 1.82) is 0 Å². The maximum absolute atomic E-state index is 12.6. The molecule has 1 amide bonds. The maximum Gasteiger partial charge on any atom is 0.226 e. The lowest BCUT2D eigenvalue weighted by atomic mass is 9.84. The van der Waals surface area contributed by atoms with Crippen LogP contribution in [-0.2, 0) is 11.2 Å². The molecule has 0 aliphatic carbocycles. The molecule has 1 N–H and O–H groups in total. The molecule has 1 atom stereocenters. The number of rotatable bonds is 4. The third kappa shape index (κ3) is 3.06. The number of nitrogens with zero attached hydrogens (tertiary/aromatic N) is 2. The van der Waals surface area contributed by atoms with Gasteiger partial charge in [0.2, 0.25) is 5.91 Å². The molecule has 2 bridgehead atoms. The van der Waals surface area contributed by atoms with Crippen molar-refractivity contribution in [3.05, 3.63) is 40.7 Å². The van der Waals surface area contributed by atoms with E-state index in [-0.39, 0.29) is 5.91 Å². The number of fused-ring (bicyclic) bond motifs is 4. The predicted octanol–water partition coefficient (Wildman–Crippen LogP) is 3.78. The molecule has 0 radical (unpaired) electrons. The van der Waals surface area contributed by atoms with Gasteiger partial charge < -0.3 is 10.2 Å². The molecule has 0 saturated carbocycles. The van der Waals surface area contributed by atoms with Gasteiger partial charge in [0.1, 0.15) is 0 Å². The number of amides is 1. The summed E-state index contributed by atoms with van der Waals surface area (Å²) in [5.74, 6) is 0.766. The number of hydrogen-bond donors (Lipinski definition) is 1. The number of thiophene rings is 1. The number of aromatic nitrogens is 1. The highest BCUT2D eigenvalue weighted by molar-refractivity contribution is 7.13. The number of carbonyl (C=O) groups excluding carboxylic acids is 1. The molecule has 4 nitrogen and oxygen atoms in total.